The average molecular weight is 1110 g/mol. The maximum atomic E-state index is 15.4. The maximum Gasteiger partial charge on any atom is 0.425 e. The highest BCUT2D eigenvalue weighted by Crippen LogP contribution is 2.42. The fraction of sp³-hybridized carbons (Fsp3) is 0.172. The molecule has 0 aliphatic rings. The molecule has 0 spiro atoms. The Morgan fingerprint density at radius 1 is 0.600 bits per heavy atom. The number of amides is 2. The molecule has 400 valence electrons. The number of benzene rings is 4. The Morgan fingerprint density at radius 3 is 1.55 bits per heavy atom. The number of hydrogen-bond acceptors (Lipinski definition) is 17. The lowest BCUT2D eigenvalue weighted by Crippen LogP contribution is -2.44. The summed E-state index contributed by atoms with van der Waals surface area (Å²) in [6, 6.07) is 24.3. The molecule has 0 atom stereocenters. The summed E-state index contributed by atoms with van der Waals surface area (Å²) in [5.41, 5.74) is 7.08. The van der Waals surface area contributed by atoms with Crippen LogP contribution in [0.5, 0.6) is 0 Å². The second kappa shape index (κ2) is 18.3. The number of pyridine rings is 2. The number of furan rings is 2. The summed E-state index contributed by atoms with van der Waals surface area (Å²) in [7, 11) is 0. The number of carbonyl (C=O) groups excluding carboxylic acids is 2. The predicted octanol–water partition coefficient (Wildman–Crippen LogP) is 13.9. The molecule has 0 saturated carbocycles. The van der Waals surface area contributed by atoms with Gasteiger partial charge in [0.1, 0.15) is 50.9 Å². The lowest BCUT2D eigenvalue weighted by Gasteiger charge is -2.27. The number of nitrogens with zero attached hydrogens (tertiary/aromatic N) is 7. The number of halogens is 2. The van der Waals surface area contributed by atoms with Crippen molar-refractivity contribution in [1.82, 2.24) is 27.8 Å². The zero-order valence-electron chi connectivity index (χ0n) is 43.2. The smallest absolute Gasteiger partial charge is 0.425 e. The summed E-state index contributed by atoms with van der Waals surface area (Å²) in [5, 5.41) is 5.53. The van der Waals surface area contributed by atoms with Crippen LogP contribution in [0.25, 0.3) is 108 Å². The largest absolute Gasteiger partial charge is 0.463 e. The van der Waals surface area contributed by atoms with E-state index in [1.807, 2.05) is 30.3 Å². The zero-order chi connectivity index (χ0) is 55.7. The average Bonchev–Trinajstić information content (AvgIpc) is 4.47. The van der Waals surface area contributed by atoms with Gasteiger partial charge in [0.05, 0.1) is 54.5 Å². The van der Waals surface area contributed by atoms with Crippen LogP contribution in [0.1, 0.15) is 52.7 Å². The van der Waals surface area contributed by atoms with Crippen LogP contribution in [-0.2, 0) is 22.6 Å². The van der Waals surface area contributed by atoms with Crippen LogP contribution < -0.4 is 21.9 Å². The first-order valence-electron chi connectivity index (χ1n) is 24.9. The molecule has 22 heteroatoms. The van der Waals surface area contributed by atoms with Crippen LogP contribution in [0.15, 0.2) is 137 Å². The molecule has 0 unspecified atom stereocenters. The van der Waals surface area contributed by atoms with E-state index in [4.69, 9.17) is 32.9 Å². The van der Waals surface area contributed by atoms with E-state index in [0.717, 1.165) is 32.1 Å². The molecule has 0 radical (unpaired) electrons. The molecule has 0 aliphatic heterocycles. The third-order valence-corrected chi connectivity index (χ3v) is 15.1. The van der Waals surface area contributed by atoms with Crippen LogP contribution in [0.2, 0.25) is 0 Å². The minimum atomic E-state index is -0.942. The Morgan fingerprint density at radius 2 is 1.06 bits per heavy atom. The number of carbonyl (C=O) groups is 2. The molecule has 0 saturated heterocycles. The summed E-state index contributed by atoms with van der Waals surface area (Å²) in [6.07, 6.45) is 4.06. The van der Waals surface area contributed by atoms with Gasteiger partial charge in [-0.05, 0) is 149 Å². The lowest BCUT2D eigenvalue weighted by atomic mass is 10.1. The van der Waals surface area contributed by atoms with Crippen LogP contribution in [0.3, 0.4) is 0 Å². The van der Waals surface area contributed by atoms with Crippen molar-refractivity contribution < 1.29 is 45.5 Å². The Balaban J connectivity index is 0.000000160. The van der Waals surface area contributed by atoms with Crippen LogP contribution in [-0.4, -0.2) is 51.2 Å². The maximum absolute atomic E-state index is 15.4. The molecule has 4 aromatic carbocycles. The number of aromatic nitrogens is 6. The first kappa shape index (κ1) is 50.0. The number of nitrogens with two attached hydrogens (primary N) is 1. The predicted molar refractivity (Wildman–Crippen MR) is 303 cm³/mol. The van der Waals surface area contributed by atoms with Gasteiger partial charge >= 0.3 is 23.4 Å². The van der Waals surface area contributed by atoms with Crippen molar-refractivity contribution in [2.45, 2.75) is 65.8 Å². The Bertz CT molecular complexity index is 5020. The third kappa shape index (κ3) is 8.24. The topological polar surface area (TPSA) is 230 Å². The highest BCUT2D eigenvalue weighted by molar-refractivity contribution is 7.14. The summed E-state index contributed by atoms with van der Waals surface area (Å²) in [6.45, 7) is 10.5. The lowest BCUT2D eigenvalue weighted by molar-refractivity contribution is 0.0429. The number of ether oxygens (including phenoxy) is 2. The van der Waals surface area contributed by atoms with Gasteiger partial charge in [-0.25, -0.2) is 37.9 Å². The second-order valence-corrected chi connectivity index (χ2v) is 22.6. The van der Waals surface area contributed by atoms with E-state index in [1.54, 1.807) is 99.3 Å². The quantitative estimate of drug-likeness (QED) is 0.169. The Hall–Kier alpha value is -9.54. The number of rotatable bonds is 5. The van der Waals surface area contributed by atoms with Crippen molar-refractivity contribution in [3.63, 3.8) is 0 Å². The molecule has 10 aromatic heterocycles. The minimum absolute atomic E-state index is 0.0393. The van der Waals surface area contributed by atoms with Gasteiger partial charge in [-0.2, -0.15) is 13.6 Å². The van der Waals surface area contributed by atoms with Gasteiger partial charge in [-0.3, -0.25) is 0 Å². The van der Waals surface area contributed by atoms with Crippen molar-refractivity contribution in [3.8, 4) is 0 Å². The number of imide groups is 1. The first-order chi connectivity index (χ1) is 38.3. The van der Waals surface area contributed by atoms with Gasteiger partial charge in [0.25, 0.3) is 0 Å². The second-order valence-electron chi connectivity index (χ2n) is 21.0. The van der Waals surface area contributed by atoms with E-state index in [9.17, 15) is 19.2 Å². The fourth-order valence-corrected chi connectivity index (χ4v) is 11.7. The highest BCUT2D eigenvalue weighted by Gasteiger charge is 2.36. The Kier molecular flexibility index (Phi) is 11.4. The summed E-state index contributed by atoms with van der Waals surface area (Å²) in [5.74, 6) is -0.442. The summed E-state index contributed by atoms with van der Waals surface area (Å²) >= 11 is 2.42. The molecule has 0 aliphatic carbocycles. The fourth-order valence-electron chi connectivity index (χ4n) is 10.2. The van der Waals surface area contributed by atoms with Crippen LogP contribution >= 0.6 is 23.1 Å². The summed E-state index contributed by atoms with van der Waals surface area (Å²) < 4.78 is 77.9. The van der Waals surface area contributed by atoms with Crippen molar-refractivity contribution in [2.75, 3.05) is 10.6 Å². The van der Waals surface area contributed by atoms with Gasteiger partial charge < -0.3 is 42.0 Å². The van der Waals surface area contributed by atoms with E-state index < -0.39 is 46.3 Å². The Labute approximate surface area is 456 Å². The van der Waals surface area contributed by atoms with E-state index >= 15 is 8.78 Å². The van der Waals surface area contributed by atoms with Crippen molar-refractivity contribution in [3.05, 3.63) is 153 Å². The molecule has 80 heavy (non-hydrogen) atoms. The van der Waals surface area contributed by atoms with E-state index in [1.165, 1.54) is 42.4 Å². The van der Waals surface area contributed by atoms with Gasteiger partial charge in [-0.15, -0.1) is 0 Å². The van der Waals surface area contributed by atoms with Gasteiger partial charge in [0, 0.05) is 57.8 Å². The van der Waals surface area contributed by atoms with E-state index in [0.29, 0.717) is 93.4 Å². The normalized spacial score (nSPS) is 12.3. The molecule has 0 bridgehead atoms. The number of anilines is 2. The SMILES string of the molecule is CC(C)(C)OC(=O)N(C(=O)OC(C)(C)C)c1nsc2ccc(Cn3c4cc(F)c5ccoc5c4c4c5cccnc5oc(=O)c43)cc12.Nc1nsc2ccc(Cn3c4cc(F)c5ccoc5c4c4c5cccnc5oc(=O)c43)cc12. The molecule has 2 N–H and O–H groups in total. The number of hydrogen-bond donors (Lipinski definition) is 1. The molecule has 0 fully saturated rings. The van der Waals surface area contributed by atoms with Crippen molar-refractivity contribution in [2.24, 2.45) is 0 Å². The molecule has 14 aromatic rings. The molecular formula is C58H42F2N8O10S2. The highest BCUT2D eigenvalue weighted by atomic mass is 32.1. The summed E-state index contributed by atoms with van der Waals surface area (Å²) in [4.78, 5) is 62.8. The monoisotopic (exact) mass is 1110 g/mol. The molecule has 2 amide bonds. The molecule has 14 rings (SSSR count). The van der Waals surface area contributed by atoms with Crippen molar-refractivity contribution >= 4 is 155 Å². The standard InChI is InChI=1S/C34H29FN4O7S.C24H13FN4O3S/c1-33(2,3)45-31(41)39(32(42)46-34(4,5)6)28-20-14-17(9-10-23(20)47-37-28)16-38-22-15-21(35)18-11-13-43-27(18)25(22)24-19-8-7-12-36-29(19)44-30(40)26(24)38;25-15-9-16-19(21-12(15)5-7-31-21)18-13-2-1-6-27-23(13)32-24(30)20(18)29(16)10-11-3-4-17-14(8-11)22(26)28-33-17/h7-15H,16H2,1-6H3;1-9H,10H2,(H2,26,28). The van der Waals surface area contributed by atoms with Gasteiger partial charge in [-0.1, -0.05) is 12.1 Å². The van der Waals surface area contributed by atoms with Crippen LogP contribution in [0, 0.1) is 11.6 Å². The zero-order valence-corrected chi connectivity index (χ0v) is 44.8. The van der Waals surface area contributed by atoms with Crippen LogP contribution in [0.4, 0.5) is 30.0 Å². The van der Waals surface area contributed by atoms with E-state index in [-0.39, 0.29) is 34.7 Å². The number of nitrogen functional groups attached to an aromatic ring is 1. The van der Waals surface area contributed by atoms with Gasteiger partial charge in [0.2, 0.25) is 11.4 Å². The number of fused-ring (bicyclic) bond motifs is 16. The van der Waals surface area contributed by atoms with Gasteiger partial charge in [0.15, 0.2) is 5.82 Å². The molecule has 18 nitrogen and oxygen atoms in total. The third-order valence-electron chi connectivity index (χ3n) is 13.4. The van der Waals surface area contributed by atoms with Crippen molar-refractivity contribution in [1.29, 1.82) is 0 Å². The molecule has 10 heterocycles. The molecular weight excluding hydrogens is 1070 g/mol. The first-order valence-corrected chi connectivity index (χ1v) is 26.4. The minimum Gasteiger partial charge on any atom is -0.463 e. The van der Waals surface area contributed by atoms with E-state index in [2.05, 4.69) is 18.7 Å².